The molecule has 3 heteroatoms. The van der Waals surface area contributed by atoms with Crippen molar-refractivity contribution in [1.82, 2.24) is 0 Å². The summed E-state index contributed by atoms with van der Waals surface area (Å²) >= 11 is 0. The van der Waals surface area contributed by atoms with Crippen molar-refractivity contribution in [2.45, 2.75) is 32.7 Å². The lowest BCUT2D eigenvalue weighted by molar-refractivity contribution is 0.217. The maximum Gasteiger partial charge on any atom is 0.122 e. The number of nitrogens with one attached hydrogen (secondary N) is 1. The summed E-state index contributed by atoms with van der Waals surface area (Å²) < 4.78 is 11.3. The Balaban J connectivity index is 1.75. The van der Waals surface area contributed by atoms with Gasteiger partial charge >= 0.3 is 0 Å². The predicted molar refractivity (Wildman–Crippen MR) is 91.9 cm³/mol. The van der Waals surface area contributed by atoms with Gasteiger partial charge < -0.3 is 14.8 Å². The van der Waals surface area contributed by atoms with Crippen molar-refractivity contribution in [3.63, 3.8) is 0 Å². The van der Waals surface area contributed by atoms with Crippen LogP contribution in [-0.4, -0.2) is 18.8 Å². The lowest BCUT2D eigenvalue weighted by Crippen LogP contribution is -2.29. The van der Waals surface area contributed by atoms with Crippen molar-refractivity contribution >= 4 is 5.69 Å². The predicted octanol–water partition coefficient (Wildman–Crippen LogP) is 4.74. The van der Waals surface area contributed by atoms with E-state index in [0.717, 1.165) is 23.6 Å². The molecule has 0 aromatic heterocycles. The standard InChI is InChI=1S/C19H25NO2/c1-4-19(2,3)20-16-10-12-18(13-11-16)22-15-14-21-17-8-6-5-7-9-17/h5-13,20H,4,14-15H2,1-3H3. The van der Waals surface area contributed by atoms with Gasteiger partial charge in [0, 0.05) is 11.2 Å². The van der Waals surface area contributed by atoms with Crippen molar-refractivity contribution in [3.8, 4) is 11.5 Å². The van der Waals surface area contributed by atoms with Gasteiger partial charge in [0.05, 0.1) is 0 Å². The van der Waals surface area contributed by atoms with E-state index in [1.54, 1.807) is 0 Å². The highest BCUT2D eigenvalue weighted by molar-refractivity contribution is 5.48. The molecule has 1 N–H and O–H groups in total. The molecule has 0 amide bonds. The number of hydrogen-bond donors (Lipinski definition) is 1. The highest BCUT2D eigenvalue weighted by Gasteiger charge is 2.13. The van der Waals surface area contributed by atoms with Gasteiger partial charge in [0.1, 0.15) is 24.7 Å². The summed E-state index contributed by atoms with van der Waals surface area (Å²) in [5.74, 6) is 1.73. The molecule has 0 fully saturated rings. The molecule has 0 radical (unpaired) electrons. The van der Waals surface area contributed by atoms with Gasteiger partial charge in [-0.15, -0.1) is 0 Å². The maximum atomic E-state index is 5.69. The molecule has 2 aromatic carbocycles. The van der Waals surface area contributed by atoms with Gasteiger partial charge in [-0.1, -0.05) is 25.1 Å². The number of benzene rings is 2. The lowest BCUT2D eigenvalue weighted by Gasteiger charge is -2.26. The molecule has 0 unspecified atom stereocenters. The van der Waals surface area contributed by atoms with Crippen LogP contribution in [0.2, 0.25) is 0 Å². The van der Waals surface area contributed by atoms with E-state index >= 15 is 0 Å². The molecule has 0 aliphatic heterocycles. The molecule has 2 aromatic rings. The van der Waals surface area contributed by atoms with Crippen LogP contribution < -0.4 is 14.8 Å². The van der Waals surface area contributed by atoms with Gasteiger partial charge in [-0.3, -0.25) is 0 Å². The second-order valence-electron chi connectivity index (χ2n) is 5.90. The molecule has 2 rings (SSSR count). The van der Waals surface area contributed by atoms with Crippen LogP contribution in [0.1, 0.15) is 27.2 Å². The molecule has 0 spiro atoms. The molecule has 0 saturated heterocycles. The molecule has 0 aliphatic rings. The van der Waals surface area contributed by atoms with Gasteiger partial charge in [-0.2, -0.15) is 0 Å². The van der Waals surface area contributed by atoms with Crippen LogP contribution in [0.3, 0.4) is 0 Å². The van der Waals surface area contributed by atoms with Crippen molar-refractivity contribution in [3.05, 3.63) is 54.6 Å². The Morgan fingerprint density at radius 1 is 0.818 bits per heavy atom. The van der Waals surface area contributed by atoms with Crippen LogP contribution >= 0.6 is 0 Å². The van der Waals surface area contributed by atoms with Crippen molar-refractivity contribution in [1.29, 1.82) is 0 Å². The molecule has 22 heavy (non-hydrogen) atoms. The monoisotopic (exact) mass is 299 g/mol. The summed E-state index contributed by atoms with van der Waals surface area (Å²) in [4.78, 5) is 0. The van der Waals surface area contributed by atoms with Crippen LogP contribution in [0.25, 0.3) is 0 Å². The van der Waals surface area contributed by atoms with Crippen LogP contribution in [0.4, 0.5) is 5.69 Å². The van der Waals surface area contributed by atoms with Gasteiger partial charge in [-0.05, 0) is 56.7 Å². The molecule has 0 atom stereocenters. The fourth-order valence-corrected chi connectivity index (χ4v) is 1.95. The third kappa shape index (κ3) is 5.32. The van der Waals surface area contributed by atoms with Gasteiger partial charge in [0.25, 0.3) is 0 Å². The number of ether oxygens (including phenoxy) is 2. The van der Waals surface area contributed by atoms with E-state index in [4.69, 9.17) is 9.47 Å². The van der Waals surface area contributed by atoms with Gasteiger partial charge in [0.15, 0.2) is 0 Å². The summed E-state index contributed by atoms with van der Waals surface area (Å²) in [5.41, 5.74) is 1.21. The minimum atomic E-state index is 0.103. The van der Waals surface area contributed by atoms with E-state index in [1.165, 1.54) is 0 Å². The summed E-state index contributed by atoms with van der Waals surface area (Å²) in [6.45, 7) is 7.63. The smallest absolute Gasteiger partial charge is 0.122 e. The van der Waals surface area contributed by atoms with Gasteiger partial charge in [0.2, 0.25) is 0 Å². The highest BCUT2D eigenvalue weighted by Crippen LogP contribution is 2.21. The Kier molecular flexibility index (Phi) is 5.70. The number of anilines is 1. The number of para-hydroxylation sites is 1. The number of rotatable bonds is 8. The van der Waals surface area contributed by atoms with Crippen LogP contribution in [0.15, 0.2) is 54.6 Å². The Labute approximate surface area is 133 Å². The van der Waals surface area contributed by atoms with Crippen LogP contribution in [0.5, 0.6) is 11.5 Å². The Morgan fingerprint density at radius 2 is 1.36 bits per heavy atom. The first kappa shape index (κ1) is 16.2. The first-order valence-electron chi connectivity index (χ1n) is 7.78. The second kappa shape index (κ2) is 7.74. The first-order valence-corrected chi connectivity index (χ1v) is 7.78. The van der Waals surface area contributed by atoms with E-state index in [-0.39, 0.29) is 5.54 Å². The Bertz CT molecular complexity index is 549. The molecule has 0 aliphatic carbocycles. The second-order valence-corrected chi connectivity index (χ2v) is 5.90. The Hall–Kier alpha value is -2.16. The summed E-state index contributed by atoms with van der Waals surface area (Å²) in [7, 11) is 0. The molecule has 3 nitrogen and oxygen atoms in total. The average molecular weight is 299 g/mol. The summed E-state index contributed by atoms with van der Waals surface area (Å²) in [5, 5.41) is 3.50. The average Bonchev–Trinajstić information content (AvgIpc) is 2.54. The maximum absolute atomic E-state index is 5.69. The zero-order chi connectivity index (χ0) is 15.8. The SMILES string of the molecule is CCC(C)(C)Nc1ccc(OCCOc2ccccc2)cc1. The number of hydrogen-bond acceptors (Lipinski definition) is 3. The summed E-state index contributed by atoms with van der Waals surface area (Å²) in [6, 6.07) is 17.8. The minimum Gasteiger partial charge on any atom is -0.490 e. The van der Waals surface area contributed by atoms with Gasteiger partial charge in [-0.25, -0.2) is 0 Å². The molecule has 0 heterocycles. The van der Waals surface area contributed by atoms with E-state index in [0.29, 0.717) is 13.2 Å². The van der Waals surface area contributed by atoms with Crippen molar-refractivity contribution in [2.24, 2.45) is 0 Å². The zero-order valence-corrected chi connectivity index (χ0v) is 13.6. The highest BCUT2D eigenvalue weighted by atomic mass is 16.5. The quantitative estimate of drug-likeness (QED) is 0.714. The lowest BCUT2D eigenvalue weighted by atomic mass is 10.0. The van der Waals surface area contributed by atoms with E-state index in [2.05, 4.69) is 26.1 Å². The van der Waals surface area contributed by atoms with E-state index in [9.17, 15) is 0 Å². The van der Waals surface area contributed by atoms with E-state index < -0.39 is 0 Å². The van der Waals surface area contributed by atoms with E-state index in [1.807, 2.05) is 54.6 Å². The molecular formula is C19H25NO2. The minimum absolute atomic E-state index is 0.103. The third-order valence-electron chi connectivity index (χ3n) is 3.58. The van der Waals surface area contributed by atoms with Crippen LogP contribution in [0, 0.1) is 0 Å². The Morgan fingerprint density at radius 3 is 1.91 bits per heavy atom. The third-order valence-corrected chi connectivity index (χ3v) is 3.58. The van der Waals surface area contributed by atoms with Crippen molar-refractivity contribution < 1.29 is 9.47 Å². The molecule has 0 saturated carbocycles. The normalized spacial score (nSPS) is 11.0. The van der Waals surface area contributed by atoms with Crippen molar-refractivity contribution in [2.75, 3.05) is 18.5 Å². The molecule has 0 bridgehead atoms. The topological polar surface area (TPSA) is 30.5 Å². The molecular weight excluding hydrogens is 274 g/mol. The zero-order valence-electron chi connectivity index (χ0n) is 13.6. The van der Waals surface area contributed by atoms with Crippen LogP contribution in [-0.2, 0) is 0 Å². The first-order chi connectivity index (χ1) is 10.6. The fourth-order valence-electron chi connectivity index (χ4n) is 1.95. The summed E-state index contributed by atoms with van der Waals surface area (Å²) in [6.07, 6.45) is 1.07. The molecule has 118 valence electrons. The fraction of sp³-hybridized carbons (Fsp3) is 0.368. The largest absolute Gasteiger partial charge is 0.490 e.